The van der Waals surface area contributed by atoms with Crippen molar-refractivity contribution >= 4 is 26.6 Å². The molecule has 1 aliphatic carbocycles. The van der Waals surface area contributed by atoms with Crippen molar-refractivity contribution in [3.8, 4) is 0 Å². The summed E-state index contributed by atoms with van der Waals surface area (Å²) >= 11 is 0. The first-order valence-electron chi connectivity index (χ1n) is 12.2. The van der Waals surface area contributed by atoms with Gasteiger partial charge in [-0.15, -0.1) is 0 Å². The molecule has 1 N–H and O–H groups in total. The fraction of sp³-hybridized carbons (Fsp3) is 0.276. The van der Waals surface area contributed by atoms with Gasteiger partial charge in [0.2, 0.25) is 10.0 Å². The summed E-state index contributed by atoms with van der Waals surface area (Å²) in [6, 6.07) is 23.5. The summed E-state index contributed by atoms with van der Waals surface area (Å²) in [7, 11) is -3.25. The smallest absolute Gasteiger partial charge is 0.208 e. The Morgan fingerprint density at radius 1 is 0.971 bits per heavy atom. The summed E-state index contributed by atoms with van der Waals surface area (Å²) in [6.07, 6.45) is 7.12. The van der Waals surface area contributed by atoms with Crippen LogP contribution in [-0.2, 0) is 35.8 Å². The van der Waals surface area contributed by atoms with Crippen LogP contribution in [0.1, 0.15) is 47.0 Å². The zero-order valence-corrected chi connectivity index (χ0v) is 21.1. The van der Waals surface area contributed by atoms with Crippen LogP contribution in [0.15, 0.2) is 72.8 Å². The molecule has 0 saturated carbocycles. The monoisotopic (exact) mass is 485 g/mol. The number of benzene rings is 3. The number of nitrogens with zero attached hydrogens (tertiary/aromatic N) is 2. The normalized spacial score (nSPS) is 14.6. The Morgan fingerprint density at radius 2 is 1.71 bits per heavy atom. The van der Waals surface area contributed by atoms with E-state index in [4.69, 9.17) is 4.98 Å². The Balaban J connectivity index is 1.54. The van der Waals surface area contributed by atoms with Gasteiger partial charge in [0.15, 0.2) is 0 Å². The summed E-state index contributed by atoms with van der Waals surface area (Å²) in [6.45, 7) is 3.24. The minimum atomic E-state index is -3.25. The van der Waals surface area contributed by atoms with Crippen molar-refractivity contribution in [1.82, 2.24) is 14.3 Å². The van der Waals surface area contributed by atoms with E-state index in [0.29, 0.717) is 0 Å². The van der Waals surface area contributed by atoms with Gasteiger partial charge >= 0.3 is 0 Å². The highest BCUT2D eigenvalue weighted by molar-refractivity contribution is 7.88. The number of imidazole rings is 1. The van der Waals surface area contributed by atoms with Crippen molar-refractivity contribution in [3.63, 3.8) is 0 Å². The molecular formula is C29H31N3O2S. The molecule has 5 nitrogen and oxygen atoms in total. The SMILES string of the molecule is CCCc1nc2ccccc2n1Cc1ccc2c(c1)CCc1ccccc1C2=CCNS(C)(=O)=O. The molecule has 3 aromatic carbocycles. The Labute approximate surface area is 207 Å². The van der Waals surface area contributed by atoms with E-state index in [9.17, 15) is 8.42 Å². The summed E-state index contributed by atoms with van der Waals surface area (Å²) < 4.78 is 28.3. The lowest BCUT2D eigenvalue weighted by molar-refractivity contribution is 0.592. The number of para-hydroxylation sites is 2. The second-order valence-electron chi connectivity index (χ2n) is 9.24. The van der Waals surface area contributed by atoms with Crippen molar-refractivity contribution in [2.45, 2.75) is 39.2 Å². The highest BCUT2D eigenvalue weighted by atomic mass is 32.2. The van der Waals surface area contributed by atoms with Gasteiger partial charge in [0.1, 0.15) is 5.82 Å². The van der Waals surface area contributed by atoms with E-state index in [1.54, 1.807) is 0 Å². The topological polar surface area (TPSA) is 64.0 Å². The maximum atomic E-state index is 11.6. The van der Waals surface area contributed by atoms with Gasteiger partial charge in [0, 0.05) is 19.5 Å². The van der Waals surface area contributed by atoms with Gasteiger partial charge < -0.3 is 4.57 Å². The average Bonchev–Trinajstić information content (AvgIpc) is 3.09. The number of nitrogens with one attached hydrogen (secondary N) is 1. The number of rotatable bonds is 7. The van der Waals surface area contributed by atoms with Gasteiger partial charge in [0.25, 0.3) is 0 Å². The largest absolute Gasteiger partial charge is 0.323 e. The van der Waals surface area contributed by atoms with E-state index in [1.165, 1.54) is 39.6 Å². The molecule has 1 aromatic heterocycles. The molecule has 6 heteroatoms. The van der Waals surface area contributed by atoms with E-state index in [0.717, 1.165) is 49.1 Å². The molecule has 0 spiro atoms. The molecule has 0 fully saturated rings. The molecule has 1 heterocycles. The number of aryl methyl sites for hydroxylation is 3. The molecule has 0 unspecified atom stereocenters. The van der Waals surface area contributed by atoms with Crippen LogP contribution >= 0.6 is 0 Å². The van der Waals surface area contributed by atoms with Crippen LogP contribution in [-0.4, -0.2) is 30.8 Å². The van der Waals surface area contributed by atoms with Crippen LogP contribution < -0.4 is 4.72 Å². The molecular weight excluding hydrogens is 454 g/mol. The molecule has 5 rings (SSSR count). The van der Waals surface area contributed by atoms with Crippen LogP contribution in [0.3, 0.4) is 0 Å². The lowest BCUT2D eigenvalue weighted by Crippen LogP contribution is -2.22. The zero-order chi connectivity index (χ0) is 24.4. The van der Waals surface area contributed by atoms with Crippen molar-refractivity contribution in [1.29, 1.82) is 0 Å². The quantitative estimate of drug-likeness (QED) is 0.395. The predicted molar refractivity (Wildman–Crippen MR) is 143 cm³/mol. The molecule has 0 bridgehead atoms. The van der Waals surface area contributed by atoms with Crippen molar-refractivity contribution in [3.05, 3.63) is 106 Å². The number of hydrogen-bond donors (Lipinski definition) is 1. The molecule has 4 aromatic rings. The fourth-order valence-corrected chi connectivity index (χ4v) is 5.43. The maximum absolute atomic E-state index is 11.6. The predicted octanol–water partition coefficient (Wildman–Crippen LogP) is 5.12. The first-order valence-corrected chi connectivity index (χ1v) is 14.1. The molecule has 0 amide bonds. The number of aromatic nitrogens is 2. The van der Waals surface area contributed by atoms with Gasteiger partial charge in [0.05, 0.1) is 17.3 Å². The maximum Gasteiger partial charge on any atom is 0.208 e. The Morgan fingerprint density at radius 3 is 2.54 bits per heavy atom. The molecule has 180 valence electrons. The lowest BCUT2D eigenvalue weighted by atomic mass is 9.92. The van der Waals surface area contributed by atoms with E-state index in [-0.39, 0.29) is 6.54 Å². The van der Waals surface area contributed by atoms with Crippen molar-refractivity contribution in [2.24, 2.45) is 0 Å². The first kappa shape index (κ1) is 23.5. The third kappa shape index (κ3) is 5.09. The summed E-state index contributed by atoms with van der Waals surface area (Å²) in [5.41, 5.74) is 9.51. The molecule has 0 saturated heterocycles. The Hall–Kier alpha value is -3.22. The highest BCUT2D eigenvalue weighted by Crippen LogP contribution is 2.34. The lowest BCUT2D eigenvalue weighted by Gasteiger charge is -2.15. The van der Waals surface area contributed by atoms with Gasteiger partial charge in [-0.05, 0) is 64.8 Å². The van der Waals surface area contributed by atoms with Crippen LogP contribution in [0.5, 0.6) is 0 Å². The number of fused-ring (bicyclic) bond motifs is 3. The highest BCUT2D eigenvalue weighted by Gasteiger charge is 2.19. The molecule has 0 aliphatic heterocycles. The average molecular weight is 486 g/mol. The fourth-order valence-electron chi connectivity index (χ4n) is 5.04. The van der Waals surface area contributed by atoms with E-state index < -0.39 is 10.0 Å². The standard InChI is InChI=1S/C29H31N3O2S/c1-3-8-29-31-27-11-6-7-12-28(27)32(29)20-21-13-16-25-23(19-21)15-14-22-9-4-5-10-24(22)26(25)17-18-30-35(2,33)34/h4-7,9-13,16-17,19,30H,3,8,14-15,18,20H2,1-2H3. The summed E-state index contributed by atoms with van der Waals surface area (Å²) in [4.78, 5) is 4.89. The van der Waals surface area contributed by atoms with Crippen molar-refractivity contribution in [2.75, 3.05) is 12.8 Å². The minimum Gasteiger partial charge on any atom is -0.323 e. The Bertz CT molecular complexity index is 1520. The third-order valence-electron chi connectivity index (χ3n) is 6.63. The number of hydrogen-bond acceptors (Lipinski definition) is 3. The van der Waals surface area contributed by atoms with Gasteiger partial charge in [-0.2, -0.15) is 0 Å². The van der Waals surface area contributed by atoms with E-state index in [2.05, 4.69) is 76.9 Å². The molecule has 35 heavy (non-hydrogen) atoms. The Kier molecular flexibility index (Phi) is 6.58. The minimum absolute atomic E-state index is 0.269. The van der Waals surface area contributed by atoms with Crippen molar-refractivity contribution < 1.29 is 8.42 Å². The van der Waals surface area contributed by atoms with Crippen LogP contribution in [0, 0.1) is 0 Å². The second-order valence-corrected chi connectivity index (χ2v) is 11.1. The molecule has 1 aliphatic rings. The summed E-state index contributed by atoms with van der Waals surface area (Å²) in [5, 5.41) is 0. The third-order valence-corrected chi connectivity index (χ3v) is 7.32. The van der Waals surface area contributed by atoms with Gasteiger partial charge in [-0.3, -0.25) is 0 Å². The van der Waals surface area contributed by atoms with E-state index in [1.807, 2.05) is 12.1 Å². The van der Waals surface area contributed by atoms with Crippen LogP contribution in [0.25, 0.3) is 16.6 Å². The second kappa shape index (κ2) is 9.80. The number of sulfonamides is 1. The first-order chi connectivity index (χ1) is 16.9. The zero-order valence-electron chi connectivity index (χ0n) is 20.3. The van der Waals surface area contributed by atoms with Gasteiger partial charge in [-0.25, -0.2) is 18.1 Å². The summed E-state index contributed by atoms with van der Waals surface area (Å²) in [5.74, 6) is 1.13. The van der Waals surface area contributed by atoms with Gasteiger partial charge in [-0.1, -0.05) is 67.6 Å². The molecule has 0 radical (unpaired) electrons. The van der Waals surface area contributed by atoms with Crippen LogP contribution in [0.4, 0.5) is 0 Å². The van der Waals surface area contributed by atoms with E-state index >= 15 is 0 Å². The molecule has 0 atom stereocenters. The van der Waals surface area contributed by atoms with Crippen LogP contribution in [0.2, 0.25) is 0 Å².